The second-order valence-electron chi connectivity index (χ2n) is 8.05. The van der Waals surface area contributed by atoms with E-state index in [1.165, 1.54) is 18.3 Å². The first-order valence-corrected chi connectivity index (χ1v) is 11.7. The van der Waals surface area contributed by atoms with Crippen LogP contribution in [0.5, 0.6) is 11.5 Å². The van der Waals surface area contributed by atoms with Crippen LogP contribution in [0.2, 0.25) is 0 Å². The molecule has 0 fully saturated rings. The van der Waals surface area contributed by atoms with Crippen molar-refractivity contribution in [2.45, 2.75) is 32.1 Å². The number of rotatable bonds is 5. The van der Waals surface area contributed by atoms with Gasteiger partial charge in [-0.1, -0.05) is 6.07 Å². The lowest BCUT2D eigenvalue weighted by Crippen LogP contribution is -2.24. The van der Waals surface area contributed by atoms with Crippen molar-refractivity contribution in [2.24, 2.45) is 0 Å². The fraction of sp³-hybridized carbons (Fsp3) is 0.250. The van der Waals surface area contributed by atoms with Gasteiger partial charge >= 0.3 is 0 Å². The summed E-state index contributed by atoms with van der Waals surface area (Å²) in [7, 11) is 0. The van der Waals surface area contributed by atoms with Gasteiger partial charge in [0, 0.05) is 28.7 Å². The highest BCUT2D eigenvalue weighted by Crippen LogP contribution is 2.38. The summed E-state index contributed by atoms with van der Waals surface area (Å²) in [6, 6.07) is 12.0. The molecule has 0 saturated carbocycles. The number of benzene rings is 2. The molecule has 3 amide bonds. The Kier molecular flexibility index (Phi) is 5.89. The lowest BCUT2D eigenvalue weighted by Gasteiger charge is -2.20. The average Bonchev–Trinajstić information content (AvgIpc) is 3.44. The summed E-state index contributed by atoms with van der Waals surface area (Å²) in [5.74, 6) is 0.0713. The number of nitrogens with zero attached hydrogens (tertiary/aromatic N) is 1. The lowest BCUT2D eigenvalue weighted by molar-refractivity contribution is -0.118. The molecule has 1 aliphatic heterocycles. The van der Waals surface area contributed by atoms with Gasteiger partial charge in [-0.05, 0) is 55.7 Å². The number of fused-ring (bicyclic) bond motifs is 2. The molecule has 1 unspecified atom stereocenters. The maximum atomic E-state index is 13.1. The van der Waals surface area contributed by atoms with Gasteiger partial charge in [-0.15, -0.1) is 11.3 Å². The van der Waals surface area contributed by atoms with E-state index in [-0.39, 0.29) is 24.5 Å². The predicted octanol–water partition coefficient (Wildman–Crippen LogP) is 4.14. The van der Waals surface area contributed by atoms with Gasteiger partial charge in [0.05, 0.1) is 11.6 Å². The van der Waals surface area contributed by atoms with Crippen molar-refractivity contribution < 1.29 is 23.9 Å². The molecule has 0 spiro atoms. The van der Waals surface area contributed by atoms with Gasteiger partial charge in [0.2, 0.25) is 18.6 Å². The lowest BCUT2D eigenvalue weighted by atomic mass is 9.90. The number of aromatic nitrogens is 1. The molecule has 174 valence electrons. The SMILES string of the molecule is CC(=O)Nc1cccc(NC(=O)C2CCCc3sc(NC(=O)c4ccc5c(c4)OCO5)nc32)c1. The van der Waals surface area contributed by atoms with Crippen LogP contribution in [0.3, 0.4) is 0 Å². The molecule has 34 heavy (non-hydrogen) atoms. The summed E-state index contributed by atoms with van der Waals surface area (Å²) in [5.41, 5.74) is 2.34. The summed E-state index contributed by atoms with van der Waals surface area (Å²) in [5, 5.41) is 8.93. The molecule has 10 heteroatoms. The molecule has 3 N–H and O–H groups in total. The van der Waals surface area contributed by atoms with Crippen LogP contribution in [0.15, 0.2) is 42.5 Å². The first-order chi connectivity index (χ1) is 16.5. The summed E-state index contributed by atoms with van der Waals surface area (Å²) in [6.07, 6.45) is 2.34. The van der Waals surface area contributed by atoms with Gasteiger partial charge in [0.1, 0.15) is 0 Å². The molecule has 0 bridgehead atoms. The Bertz CT molecular complexity index is 1290. The molecule has 0 saturated heterocycles. The Morgan fingerprint density at radius 3 is 2.62 bits per heavy atom. The molecular formula is C24H22N4O5S. The van der Waals surface area contributed by atoms with E-state index >= 15 is 0 Å². The first kappa shape index (κ1) is 21.9. The van der Waals surface area contributed by atoms with E-state index in [2.05, 4.69) is 20.9 Å². The van der Waals surface area contributed by atoms with Crippen LogP contribution in [0.4, 0.5) is 16.5 Å². The Labute approximate surface area is 199 Å². The summed E-state index contributed by atoms with van der Waals surface area (Å²) in [6.45, 7) is 1.57. The minimum Gasteiger partial charge on any atom is -0.454 e. The number of ether oxygens (including phenoxy) is 2. The van der Waals surface area contributed by atoms with Crippen LogP contribution in [-0.4, -0.2) is 29.5 Å². The average molecular weight is 479 g/mol. The molecule has 2 aromatic carbocycles. The highest BCUT2D eigenvalue weighted by molar-refractivity contribution is 7.16. The molecule has 3 aromatic rings. The van der Waals surface area contributed by atoms with Crippen molar-refractivity contribution in [3.63, 3.8) is 0 Å². The number of anilines is 3. The molecule has 2 aliphatic rings. The van der Waals surface area contributed by atoms with Crippen molar-refractivity contribution in [3.05, 3.63) is 58.6 Å². The zero-order chi connectivity index (χ0) is 23.7. The molecule has 0 radical (unpaired) electrons. The minimum atomic E-state index is -0.416. The summed E-state index contributed by atoms with van der Waals surface area (Å²) < 4.78 is 10.6. The van der Waals surface area contributed by atoms with Crippen LogP contribution in [0.25, 0.3) is 0 Å². The molecule has 1 atom stereocenters. The number of amides is 3. The number of hydrogen-bond donors (Lipinski definition) is 3. The van der Waals surface area contributed by atoms with Crippen LogP contribution in [-0.2, 0) is 16.0 Å². The largest absolute Gasteiger partial charge is 0.454 e. The number of carbonyl (C=O) groups excluding carboxylic acids is 3. The third-order valence-corrected chi connectivity index (χ3v) is 6.62. The number of hydrogen-bond acceptors (Lipinski definition) is 7. The Morgan fingerprint density at radius 1 is 1.00 bits per heavy atom. The third-order valence-electron chi connectivity index (χ3n) is 5.58. The molecule has 9 nitrogen and oxygen atoms in total. The van der Waals surface area contributed by atoms with Crippen LogP contribution >= 0.6 is 11.3 Å². The van der Waals surface area contributed by atoms with Crippen molar-refractivity contribution in [3.8, 4) is 11.5 Å². The monoisotopic (exact) mass is 478 g/mol. The normalized spacial score (nSPS) is 15.9. The van der Waals surface area contributed by atoms with Gasteiger partial charge in [0.15, 0.2) is 16.6 Å². The molecule has 1 aromatic heterocycles. The zero-order valence-electron chi connectivity index (χ0n) is 18.3. The number of carbonyl (C=O) groups is 3. The van der Waals surface area contributed by atoms with E-state index in [4.69, 9.17) is 9.47 Å². The number of aryl methyl sites for hydroxylation is 1. The molecule has 2 heterocycles. The second-order valence-corrected chi connectivity index (χ2v) is 9.13. The topological polar surface area (TPSA) is 119 Å². The first-order valence-electron chi connectivity index (χ1n) is 10.9. The van der Waals surface area contributed by atoms with E-state index in [1.807, 2.05) is 0 Å². The van der Waals surface area contributed by atoms with E-state index in [0.717, 1.165) is 17.7 Å². The fourth-order valence-electron chi connectivity index (χ4n) is 4.04. The van der Waals surface area contributed by atoms with Crippen molar-refractivity contribution in [2.75, 3.05) is 22.7 Å². The van der Waals surface area contributed by atoms with Gasteiger partial charge in [-0.25, -0.2) is 4.98 Å². The summed E-state index contributed by atoms with van der Waals surface area (Å²) >= 11 is 1.39. The van der Waals surface area contributed by atoms with Crippen LogP contribution in [0.1, 0.15) is 46.6 Å². The third kappa shape index (κ3) is 4.58. The predicted molar refractivity (Wildman–Crippen MR) is 128 cm³/mol. The van der Waals surface area contributed by atoms with E-state index in [0.29, 0.717) is 45.7 Å². The Morgan fingerprint density at radius 2 is 1.79 bits per heavy atom. The Balaban J connectivity index is 1.30. The van der Waals surface area contributed by atoms with E-state index < -0.39 is 5.92 Å². The highest BCUT2D eigenvalue weighted by atomic mass is 32.1. The van der Waals surface area contributed by atoms with Gasteiger partial charge < -0.3 is 20.1 Å². The smallest absolute Gasteiger partial charge is 0.257 e. The second kappa shape index (κ2) is 9.14. The standard InChI is InChI=1S/C24H22N4O5S/c1-13(29)25-15-4-2-5-16(11-15)26-23(31)17-6-3-7-20-21(17)27-24(34-20)28-22(30)14-8-9-18-19(10-14)33-12-32-18/h2,4-5,8-11,17H,3,6-7,12H2,1H3,(H,25,29)(H,26,31)(H,27,28,30). The van der Waals surface area contributed by atoms with Crippen molar-refractivity contribution in [1.82, 2.24) is 4.98 Å². The van der Waals surface area contributed by atoms with Crippen LogP contribution in [0, 0.1) is 0 Å². The van der Waals surface area contributed by atoms with Crippen molar-refractivity contribution >= 4 is 45.6 Å². The molecule has 5 rings (SSSR count). The van der Waals surface area contributed by atoms with E-state index in [1.54, 1.807) is 42.5 Å². The van der Waals surface area contributed by atoms with E-state index in [9.17, 15) is 14.4 Å². The highest BCUT2D eigenvalue weighted by Gasteiger charge is 2.31. The zero-order valence-corrected chi connectivity index (χ0v) is 19.2. The fourth-order valence-corrected chi connectivity index (χ4v) is 5.10. The van der Waals surface area contributed by atoms with Crippen LogP contribution < -0.4 is 25.4 Å². The quantitative estimate of drug-likeness (QED) is 0.507. The maximum absolute atomic E-state index is 13.1. The number of thiazole rings is 1. The maximum Gasteiger partial charge on any atom is 0.257 e. The minimum absolute atomic E-state index is 0.139. The Hall–Kier alpha value is -3.92. The molecule has 1 aliphatic carbocycles. The van der Waals surface area contributed by atoms with Gasteiger partial charge in [-0.3, -0.25) is 19.7 Å². The van der Waals surface area contributed by atoms with Gasteiger partial charge in [-0.2, -0.15) is 0 Å². The van der Waals surface area contributed by atoms with Gasteiger partial charge in [0.25, 0.3) is 5.91 Å². The van der Waals surface area contributed by atoms with Crippen molar-refractivity contribution in [1.29, 1.82) is 0 Å². The summed E-state index contributed by atoms with van der Waals surface area (Å²) in [4.78, 5) is 42.7. The molecular weight excluding hydrogens is 456 g/mol. The number of nitrogens with one attached hydrogen (secondary N) is 3.